The van der Waals surface area contributed by atoms with Crippen LogP contribution in [0.25, 0.3) is 0 Å². The van der Waals surface area contributed by atoms with E-state index in [2.05, 4.69) is 5.32 Å². The minimum Gasteiger partial charge on any atom is -0.394 e. The van der Waals surface area contributed by atoms with Gasteiger partial charge >= 0.3 is 0 Å². The first-order chi connectivity index (χ1) is 4.74. The van der Waals surface area contributed by atoms with E-state index in [0.717, 1.165) is 6.42 Å². The van der Waals surface area contributed by atoms with E-state index in [1.165, 1.54) is 0 Å². The Morgan fingerprint density at radius 1 is 1.70 bits per heavy atom. The lowest BCUT2D eigenvalue weighted by atomic mass is 10.0. The second-order valence-corrected chi connectivity index (χ2v) is 2.57. The normalized spacial score (nSPS) is 33.6. The number of nitrogens with two attached hydrogens (primary N) is 1. The number of nitrogens with one attached hydrogen (secondary N) is 1. The zero-order valence-electron chi connectivity index (χ0n) is 5.71. The molecule has 0 radical (unpaired) electrons. The van der Waals surface area contributed by atoms with Gasteiger partial charge in [-0.1, -0.05) is 0 Å². The predicted octanol–water partition coefficient (Wildman–Crippen LogP) is -1.42. The Bertz CT molecular complexity index is 138. The van der Waals surface area contributed by atoms with Crippen molar-refractivity contribution < 1.29 is 9.90 Å². The quantitative estimate of drug-likeness (QED) is 0.423. The molecule has 2 unspecified atom stereocenters. The molecule has 0 bridgehead atoms. The van der Waals surface area contributed by atoms with Crippen LogP contribution in [0.15, 0.2) is 0 Å². The van der Waals surface area contributed by atoms with E-state index < -0.39 is 0 Å². The standard InChI is InChI=1S/C6H12N2O2/c7-5-2-1-4(3-9)8-6(5)10/h4-5,9H,1-3,7H2,(H,8,10). The van der Waals surface area contributed by atoms with Crippen LogP contribution in [0, 0.1) is 0 Å². The maximum atomic E-state index is 10.8. The molecule has 0 spiro atoms. The highest BCUT2D eigenvalue weighted by molar-refractivity contribution is 5.82. The number of aliphatic hydroxyl groups is 1. The third-order valence-corrected chi connectivity index (χ3v) is 1.73. The molecule has 4 nitrogen and oxygen atoms in total. The minimum absolute atomic E-state index is 0.0124. The van der Waals surface area contributed by atoms with Gasteiger partial charge in [-0.15, -0.1) is 0 Å². The zero-order valence-corrected chi connectivity index (χ0v) is 5.71. The molecule has 0 aliphatic carbocycles. The first kappa shape index (κ1) is 7.50. The monoisotopic (exact) mass is 144 g/mol. The summed E-state index contributed by atoms with van der Waals surface area (Å²) in [5.74, 6) is -0.148. The van der Waals surface area contributed by atoms with Crippen LogP contribution in [0.3, 0.4) is 0 Å². The van der Waals surface area contributed by atoms with E-state index in [0.29, 0.717) is 6.42 Å². The molecular weight excluding hydrogens is 132 g/mol. The summed E-state index contributed by atoms with van der Waals surface area (Å²) < 4.78 is 0. The molecule has 1 fully saturated rings. The lowest BCUT2D eigenvalue weighted by molar-refractivity contribution is -0.125. The summed E-state index contributed by atoms with van der Waals surface area (Å²) in [5, 5.41) is 11.2. The number of rotatable bonds is 1. The second-order valence-electron chi connectivity index (χ2n) is 2.57. The number of hydrogen-bond donors (Lipinski definition) is 3. The average Bonchev–Trinajstić information content (AvgIpc) is 1.95. The van der Waals surface area contributed by atoms with Gasteiger partial charge in [0.25, 0.3) is 0 Å². The van der Waals surface area contributed by atoms with Crippen LogP contribution in [0.2, 0.25) is 0 Å². The van der Waals surface area contributed by atoms with Crippen molar-refractivity contribution in [3.63, 3.8) is 0 Å². The summed E-state index contributed by atoms with van der Waals surface area (Å²) in [6, 6.07) is -0.449. The lowest BCUT2D eigenvalue weighted by Crippen LogP contribution is -2.51. The fraction of sp³-hybridized carbons (Fsp3) is 0.833. The van der Waals surface area contributed by atoms with Crippen LogP contribution < -0.4 is 11.1 Å². The molecule has 0 saturated carbocycles. The highest BCUT2D eigenvalue weighted by atomic mass is 16.3. The molecule has 4 heteroatoms. The number of carbonyl (C=O) groups excluding carboxylic acids is 1. The van der Waals surface area contributed by atoms with Gasteiger partial charge in [0.05, 0.1) is 18.7 Å². The summed E-state index contributed by atoms with van der Waals surface area (Å²) in [7, 11) is 0. The minimum atomic E-state index is -0.372. The largest absolute Gasteiger partial charge is 0.394 e. The topological polar surface area (TPSA) is 75.3 Å². The smallest absolute Gasteiger partial charge is 0.237 e. The molecule has 58 valence electrons. The third-order valence-electron chi connectivity index (χ3n) is 1.73. The van der Waals surface area contributed by atoms with Crippen LogP contribution in [0.4, 0.5) is 0 Å². The van der Waals surface area contributed by atoms with Crippen molar-refractivity contribution in [1.29, 1.82) is 0 Å². The van der Waals surface area contributed by atoms with Crippen LogP contribution in [-0.2, 0) is 4.79 Å². The van der Waals surface area contributed by atoms with Crippen molar-refractivity contribution in [2.45, 2.75) is 24.9 Å². The van der Waals surface area contributed by atoms with Gasteiger partial charge in [0.15, 0.2) is 0 Å². The Labute approximate surface area is 59.4 Å². The molecule has 10 heavy (non-hydrogen) atoms. The van der Waals surface area contributed by atoms with E-state index in [1.807, 2.05) is 0 Å². The van der Waals surface area contributed by atoms with E-state index in [-0.39, 0.29) is 24.6 Å². The van der Waals surface area contributed by atoms with E-state index in [9.17, 15) is 4.79 Å². The number of carbonyl (C=O) groups is 1. The third kappa shape index (κ3) is 1.46. The highest BCUT2D eigenvalue weighted by Gasteiger charge is 2.23. The molecule has 1 saturated heterocycles. The molecule has 1 aliphatic heterocycles. The molecule has 1 aliphatic rings. The van der Waals surface area contributed by atoms with Crippen molar-refractivity contribution >= 4 is 5.91 Å². The van der Waals surface area contributed by atoms with Crippen LogP contribution >= 0.6 is 0 Å². The van der Waals surface area contributed by atoms with Gasteiger partial charge in [0.1, 0.15) is 0 Å². The first-order valence-electron chi connectivity index (χ1n) is 3.41. The summed E-state index contributed by atoms with van der Waals surface area (Å²) in [6.07, 6.45) is 1.46. The zero-order chi connectivity index (χ0) is 7.56. The maximum Gasteiger partial charge on any atom is 0.237 e. The molecule has 1 heterocycles. The molecule has 4 N–H and O–H groups in total. The van der Waals surface area contributed by atoms with Gasteiger partial charge in [-0.05, 0) is 12.8 Å². The number of aliphatic hydroxyl groups excluding tert-OH is 1. The van der Waals surface area contributed by atoms with Crippen molar-refractivity contribution in [2.24, 2.45) is 5.73 Å². The summed E-state index contributed by atoms with van der Waals surface area (Å²) in [4.78, 5) is 10.8. The van der Waals surface area contributed by atoms with Crippen molar-refractivity contribution in [3.8, 4) is 0 Å². The number of hydrogen-bond acceptors (Lipinski definition) is 3. The second kappa shape index (κ2) is 2.98. The average molecular weight is 144 g/mol. The Morgan fingerprint density at radius 3 is 2.90 bits per heavy atom. The highest BCUT2D eigenvalue weighted by Crippen LogP contribution is 2.06. The fourth-order valence-corrected chi connectivity index (χ4v) is 1.03. The Morgan fingerprint density at radius 2 is 2.40 bits per heavy atom. The molecule has 1 amide bonds. The van der Waals surface area contributed by atoms with Gasteiger partial charge in [0, 0.05) is 0 Å². The summed E-state index contributed by atoms with van der Waals surface area (Å²) in [5.41, 5.74) is 5.40. The van der Waals surface area contributed by atoms with Crippen LogP contribution in [-0.4, -0.2) is 29.7 Å². The van der Waals surface area contributed by atoms with Gasteiger partial charge < -0.3 is 16.2 Å². The van der Waals surface area contributed by atoms with Crippen LogP contribution in [0.5, 0.6) is 0 Å². The summed E-state index contributed by atoms with van der Waals surface area (Å²) in [6.45, 7) is 0.0124. The molecule has 0 aromatic rings. The number of amides is 1. The van der Waals surface area contributed by atoms with Crippen LogP contribution in [0.1, 0.15) is 12.8 Å². The molecule has 2 atom stereocenters. The number of piperidine rings is 1. The van der Waals surface area contributed by atoms with E-state index in [1.54, 1.807) is 0 Å². The van der Waals surface area contributed by atoms with Gasteiger partial charge in [-0.2, -0.15) is 0 Å². The van der Waals surface area contributed by atoms with E-state index in [4.69, 9.17) is 10.8 Å². The molecule has 0 aromatic carbocycles. The Hall–Kier alpha value is -0.610. The predicted molar refractivity (Wildman–Crippen MR) is 36.2 cm³/mol. The molecular formula is C6H12N2O2. The van der Waals surface area contributed by atoms with Gasteiger partial charge in [0.2, 0.25) is 5.91 Å². The lowest BCUT2D eigenvalue weighted by Gasteiger charge is -2.25. The fourth-order valence-electron chi connectivity index (χ4n) is 1.03. The van der Waals surface area contributed by atoms with Gasteiger partial charge in [-0.25, -0.2) is 0 Å². The van der Waals surface area contributed by atoms with Crippen molar-refractivity contribution in [3.05, 3.63) is 0 Å². The summed E-state index contributed by atoms with van der Waals surface area (Å²) >= 11 is 0. The first-order valence-corrected chi connectivity index (χ1v) is 3.41. The van der Waals surface area contributed by atoms with Gasteiger partial charge in [-0.3, -0.25) is 4.79 Å². The Balaban J connectivity index is 2.41. The Kier molecular flexibility index (Phi) is 2.24. The SMILES string of the molecule is NC1CCC(CO)NC1=O. The van der Waals surface area contributed by atoms with Crippen molar-refractivity contribution in [1.82, 2.24) is 5.32 Å². The van der Waals surface area contributed by atoms with E-state index >= 15 is 0 Å². The maximum absolute atomic E-state index is 10.8. The van der Waals surface area contributed by atoms with Crippen molar-refractivity contribution in [2.75, 3.05) is 6.61 Å². The molecule has 0 aromatic heterocycles. The molecule has 1 rings (SSSR count).